The van der Waals surface area contributed by atoms with Crippen LogP contribution in [0.2, 0.25) is 5.02 Å². The van der Waals surface area contributed by atoms with Gasteiger partial charge >= 0.3 is 1.43 Å². The summed E-state index contributed by atoms with van der Waals surface area (Å²) in [5.74, 6) is 1.76. The number of nitrogens with zero attached hydrogens (tertiary/aromatic N) is 5. The highest BCUT2D eigenvalue weighted by Crippen LogP contribution is 2.30. The number of likely N-dealkylation sites (tertiary alicyclic amines) is 1. The summed E-state index contributed by atoms with van der Waals surface area (Å²) >= 11 is 6.64. The van der Waals surface area contributed by atoms with Gasteiger partial charge in [-0.1, -0.05) is 44.2 Å². The van der Waals surface area contributed by atoms with Crippen molar-refractivity contribution >= 4 is 53.2 Å². The Morgan fingerprint density at radius 3 is 2.29 bits per heavy atom. The quantitative estimate of drug-likeness (QED) is 0.344. The van der Waals surface area contributed by atoms with E-state index in [1.54, 1.807) is 0 Å². The van der Waals surface area contributed by atoms with Crippen molar-refractivity contribution in [1.82, 2.24) is 19.9 Å². The molecule has 1 aliphatic carbocycles. The highest BCUT2D eigenvalue weighted by molar-refractivity contribution is 6.33. The van der Waals surface area contributed by atoms with Gasteiger partial charge in [0.15, 0.2) is 0 Å². The number of hydrogen-bond acceptors (Lipinski definition) is 8. The Morgan fingerprint density at radius 1 is 0.947 bits per heavy atom. The first kappa shape index (κ1) is 32.5. The van der Waals surface area contributed by atoms with Gasteiger partial charge in [0, 0.05) is 37.4 Å². The molecule has 1 saturated carbocycles. The molecule has 3 N–H and O–H groups in total. The third kappa shape index (κ3) is 8.90. The summed E-state index contributed by atoms with van der Waals surface area (Å²) in [6, 6.07) is 6.97. The van der Waals surface area contributed by atoms with E-state index in [1.165, 1.54) is 45.1 Å². The van der Waals surface area contributed by atoms with E-state index in [0.717, 1.165) is 50.4 Å². The topological polar surface area (TPSA) is 81.2 Å². The molecule has 2 heterocycles. The lowest BCUT2D eigenvalue weighted by atomic mass is 10.1. The summed E-state index contributed by atoms with van der Waals surface area (Å²) < 4.78 is 0. The molecule has 11 heteroatoms. The van der Waals surface area contributed by atoms with Gasteiger partial charge in [-0.2, -0.15) is 15.0 Å². The van der Waals surface area contributed by atoms with Crippen LogP contribution in [0.25, 0.3) is 0 Å². The third-order valence-electron chi connectivity index (χ3n) is 7.53. The van der Waals surface area contributed by atoms with Crippen molar-refractivity contribution in [3.05, 3.63) is 23.2 Å². The van der Waals surface area contributed by atoms with Gasteiger partial charge in [-0.05, 0) is 70.8 Å². The number of hydrogen-bond donors (Lipinski definition) is 3. The maximum atomic E-state index is 6.64. The van der Waals surface area contributed by atoms with Gasteiger partial charge in [0.1, 0.15) is 0 Å². The van der Waals surface area contributed by atoms with Crippen LogP contribution in [-0.2, 0) is 0 Å². The van der Waals surface area contributed by atoms with Crippen LogP contribution < -0.4 is 33.3 Å². The summed E-state index contributed by atoms with van der Waals surface area (Å²) in [4.78, 5) is 19.0. The first-order chi connectivity index (χ1) is 17.6. The number of benzene rings is 1. The molecule has 2 aromatic rings. The molecule has 1 aliphatic heterocycles. The average Bonchev–Trinajstić information content (AvgIpc) is 3.19. The van der Waals surface area contributed by atoms with E-state index >= 15 is 0 Å². The van der Waals surface area contributed by atoms with E-state index in [-0.39, 0.29) is 26.2 Å². The number of aromatic nitrogens is 3. The molecule has 2 fully saturated rings. The van der Waals surface area contributed by atoms with Crippen molar-refractivity contribution in [1.29, 1.82) is 0 Å². The van der Waals surface area contributed by atoms with Gasteiger partial charge in [0.25, 0.3) is 0 Å². The van der Waals surface area contributed by atoms with Crippen LogP contribution in [0.5, 0.6) is 0 Å². The normalized spacial score (nSPS) is 18.2. The second kappa shape index (κ2) is 16.4. The van der Waals surface area contributed by atoms with Crippen LogP contribution in [0.3, 0.4) is 0 Å². The first-order valence-corrected chi connectivity index (χ1v) is 14.3. The lowest BCUT2D eigenvalue weighted by Gasteiger charge is -2.23. The van der Waals surface area contributed by atoms with Gasteiger partial charge in [0.2, 0.25) is 17.8 Å². The number of nitrogens with one attached hydrogen (secondary N) is 3. The van der Waals surface area contributed by atoms with Crippen molar-refractivity contribution in [2.45, 2.75) is 84.2 Å². The highest BCUT2D eigenvalue weighted by Gasteiger charge is 2.23. The number of halogens is 3. The largest absolute Gasteiger partial charge is 1.00 e. The van der Waals surface area contributed by atoms with E-state index in [9.17, 15) is 0 Å². The lowest BCUT2D eigenvalue weighted by molar-refractivity contribution is -0.00000803. The smallest absolute Gasteiger partial charge is 1.00 e. The highest BCUT2D eigenvalue weighted by atomic mass is 35.5. The van der Waals surface area contributed by atoms with Crippen molar-refractivity contribution in [3.63, 3.8) is 0 Å². The van der Waals surface area contributed by atoms with E-state index in [4.69, 9.17) is 26.6 Å². The third-order valence-corrected chi connectivity index (χ3v) is 7.84. The fourth-order valence-corrected chi connectivity index (χ4v) is 5.77. The minimum absolute atomic E-state index is 0. The van der Waals surface area contributed by atoms with E-state index in [0.29, 0.717) is 35.0 Å². The van der Waals surface area contributed by atoms with E-state index in [1.807, 2.05) is 12.1 Å². The van der Waals surface area contributed by atoms with Gasteiger partial charge < -0.3 is 33.3 Å². The first-order valence-electron chi connectivity index (χ1n) is 13.9. The molecule has 0 spiro atoms. The molecule has 0 bridgehead atoms. The van der Waals surface area contributed by atoms with Crippen LogP contribution in [0.1, 0.15) is 73.6 Å². The molecule has 214 valence electrons. The van der Waals surface area contributed by atoms with Crippen molar-refractivity contribution in [2.75, 3.05) is 53.6 Å². The fraction of sp³-hybridized carbons (Fsp3) is 0.667. The Bertz CT molecular complexity index is 974. The summed E-state index contributed by atoms with van der Waals surface area (Å²) in [5, 5.41) is 11.2. The minimum atomic E-state index is 0. The van der Waals surface area contributed by atoms with Crippen LogP contribution >= 0.6 is 24.0 Å². The molecule has 1 aromatic heterocycles. The van der Waals surface area contributed by atoms with Crippen LogP contribution in [0.15, 0.2) is 18.2 Å². The van der Waals surface area contributed by atoms with Crippen LogP contribution in [-0.4, -0.2) is 64.7 Å². The van der Waals surface area contributed by atoms with Crippen LogP contribution in [0, 0.1) is 0 Å². The zero-order valence-electron chi connectivity index (χ0n) is 24.0. The molecular weight excluding hydrogens is 543 g/mol. The van der Waals surface area contributed by atoms with Gasteiger partial charge in [0.05, 0.1) is 10.7 Å². The zero-order valence-corrected chi connectivity index (χ0v) is 25.3. The molecule has 4 rings (SSSR count). The molecule has 0 amide bonds. The number of likely N-dealkylation sites (N-methyl/N-ethyl adjacent to an activating group) is 1. The Labute approximate surface area is 247 Å². The number of rotatable bonds is 11. The zero-order chi connectivity index (χ0) is 25.3. The Balaban J connectivity index is 0.00000253. The van der Waals surface area contributed by atoms with Gasteiger partial charge in [-0.15, -0.1) is 12.4 Å². The maximum Gasteiger partial charge on any atom is 1.00 e. The second-order valence-corrected chi connectivity index (χ2v) is 10.3. The molecule has 1 aromatic carbocycles. The fourth-order valence-electron chi connectivity index (χ4n) is 5.47. The molecule has 0 radical (unpaired) electrons. The van der Waals surface area contributed by atoms with Crippen molar-refractivity contribution < 1.29 is 13.8 Å². The van der Waals surface area contributed by atoms with E-state index < -0.39 is 0 Å². The Morgan fingerprint density at radius 2 is 1.63 bits per heavy atom. The molecule has 1 unspecified atom stereocenters. The molecular formula is C27H45Cl3N8. The summed E-state index contributed by atoms with van der Waals surface area (Å²) in [6.07, 6.45) is 9.92. The second-order valence-electron chi connectivity index (χ2n) is 9.91. The predicted molar refractivity (Wildman–Crippen MR) is 160 cm³/mol. The summed E-state index contributed by atoms with van der Waals surface area (Å²) in [6.45, 7) is 11.4. The predicted octanol–water partition coefficient (Wildman–Crippen LogP) is 3.68. The molecule has 8 nitrogen and oxygen atoms in total. The molecule has 2 aliphatic rings. The SMILES string of the molecule is CCN(CC)c1ccc(Nc2nc(NCC3CCCN3CC)nc(NC3CCCCCC3)n2)cc1Cl.Cl.[Cl-].[H+]. The molecule has 1 atom stereocenters. The van der Waals surface area contributed by atoms with E-state index in [2.05, 4.69) is 52.6 Å². The standard InChI is InChI=1S/C27H43ClN8.2ClH/c1-4-35(5-2)24-16-15-21(18-23(24)28)31-27-33-25(29-19-22-14-11-17-36(22)6-3)32-26(34-27)30-20-12-9-7-8-10-13-20;;/h15-16,18,20,22H,4-14,17,19H2,1-3H3,(H3,29,30,31,32,33,34);2*1H. The Hall–Kier alpha value is -1.74. The van der Waals surface area contributed by atoms with Crippen LogP contribution in [0.4, 0.5) is 29.2 Å². The number of anilines is 5. The molecule has 38 heavy (non-hydrogen) atoms. The summed E-state index contributed by atoms with van der Waals surface area (Å²) in [5.41, 5.74) is 1.90. The van der Waals surface area contributed by atoms with Crippen molar-refractivity contribution in [3.8, 4) is 0 Å². The van der Waals surface area contributed by atoms with Crippen molar-refractivity contribution in [2.24, 2.45) is 0 Å². The van der Waals surface area contributed by atoms with Gasteiger partial charge in [-0.25, -0.2) is 0 Å². The summed E-state index contributed by atoms with van der Waals surface area (Å²) in [7, 11) is 0. The maximum absolute atomic E-state index is 6.64. The molecule has 1 saturated heterocycles. The average molecular weight is 588 g/mol. The Kier molecular flexibility index (Phi) is 14.0. The van der Waals surface area contributed by atoms with Gasteiger partial charge in [-0.3, -0.25) is 4.90 Å². The monoisotopic (exact) mass is 586 g/mol. The minimum Gasteiger partial charge on any atom is -1.00 e. The lowest BCUT2D eigenvalue weighted by Crippen LogP contribution is -3.00.